The average molecular weight is 420 g/mol. The van der Waals surface area contributed by atoms with E-state index in [1.54, 1.807) is 12.1 Å². The highest BCUT2D eigenvalue weighted by Gasteiger charge is 2.17. The lowest BCUT2D eigenvalue weighted by Crippen LogP contribution is -2.40. The third-order valence-electron chi connectivity index (χ3n) is 3.73. The van der Waals surface area contributed by atoms with Gasteiger partial charge in [0.15, 0.2) is 0 Å². The number of hydrogen-bond donors (Lipinski definition) is 3. The van der Waals surface area contributed by atoms with Crippen LogP contribution in [0.25, 0.3) is 0 Å². The molecule has 0 radical (unpaired) electrons. The number of nitro groups is 1. The zero-order valence-electron chi connectivity index (χ0n) is 15.3. The van der Waals surface area contributed by atoms with Crippen molar-refractivity contribution < 1.29 is 22.9 Å². The first-order valence-corrected chi connectivity index (χ1v) is 10.1. The molecule has 0 spiro atoms. The van der Waals surface area contributed by atoms with E-state index < -0.39 is 20.9 Å². The minimum Gasteiger partial charge on any atom is -0.353 e. The van der Waals surface area contributed by atoms with Gasteiger partial charge in [0, 0.05) is 25.2 Å². The second-order valence-corrected chi connectivity index (χ2v) is 7.71. The molecule has 3 N–H and O–H groups in total. The summed E-state index contributed by atoms with van der Waals surface area (Å²) >= 11 is 0. The summed E-state index contributed by atoms with van der Waals surface area (Å²) in [6, 6.07) is 13.7. The highest BCUT2D eigenvalue weighted by molar-refractivity contribution is 7.89. The standard InChI is InChI=1S/C18H20N4O6S/c23-17(11-14-5-2-1-3-6-14)20-13-18(24)19-9-10-21-29(27,28)16-8-4-7-15(12-16)22(25)26/h1-8,12,21H,9-11,13H2,(H,19,24)(H,20,23). The van der Waals surface area contributed by atoms with Crippen molar-refractivity contribution in [1.29, 1.82) is 0 Å². The fourth-order valence-electron chi connectivity index (χ4n) is 2.32. The minimum absolute atomic E-state index is 0.0124. The molecule has 11 heteroatoms. The lowest BCUT2D eigenvalue weighted by molar-refractivity contribution is -0.385. The topological polar surface area (TPSA) is 148 Å². The van der Waals surface area contributed by atoms with Gasteiger partial charge in [-0.3, -0.25) is 19.7 Å². The minimum atomic E-state index is -3.95. The second-order valence-electron chi connectivity index (χ2n) is 5.94. The Labute approximate surface area is 167 Å². The van der Waals surface area contributed by atoms with E-state index in [0.717, 1.165) is 11.6 Å². The van der Waals surface area contributed by atoms with Crippen LogP contribution in [0.3, 0.4) is 0 Å². The van der Waals surface area contributed by atoms with Crippen LogP contribution in [0.15, 0.2) is 59.5 Å². The third-order valence-corrected chi connectivity index (χ3v) is 5.19. The van der Waals surface area contributed by atoms with Gasteiger partial charge in [-0.05, 0) is 11.6 Å². The second kappa shape index (κ2) is 10.3. The molecule has 0 aliphatic rings. The number of nitrogens with zero attached hydrogens (tertiary/aromatic N) is 1. The number of benzene rings is 2. The van der Waals surface area contributed by atoms with Crippen molar-refractivity contribution in [3.05, 3.63) is 70.3 Å². The molecule has 0 aromatic heterocycles. The number of carbonyl (C=O) groups is 2. The zero-order chi connectivity index (χ0) is 21.3. The molecule has 2 amide bonds. The summed E-state index contributed by atoms with van der Waals surface area (Å²) in [5, 5.41) is 15.7. The Morgan fingerprint density at radius 2 is 1.66 bits per heavy atom. The van der Waals surface area contributed by atoms with Crippen LogP contribution in [0.2, 0.25) is 0 Å². The summed E-state index contributed by atoms with van der Waals surface area (Å²) in [5.41, 5.74) is 0.480. The molecule has 2 aromatic rings. The molecule has 0 saturated carbocycles. The predicted octanol–water partition coefficient (Wildman–Crippen LogP) is 0.348. The number of rotatable bonds is 10. The van der Waals surface area contributed by atoms with Crippen LogP contribution in [0, 0.1) is 10.1 Å². The Balaban J connectivity index is 1.71. The first-order chi connectivity index (χ1) is 13.8. The van der Waals surface area contributed by atoms with E-state index in [9.17, 15) is 28.1 Å². The van der Waals surface area contributed by atoms with Crippen molar-refractivity contribution in [3.8, 4) is 0 Å². The van der Waals surface area contributed by atoms with Crippen LogP contribution in [-0.2, 0) is 26.0 Å². The molecule has 0 bridgehead atoms. The van der Waals surface area contributed by atoms with Crippen LogP contribution in [0.4, 0.5) is 5.69 Å². The SMILES string of the molecule is O=C(CNC(=O)Cc1ccccc1)NCCNS(=O)(=O)c1cccc([N+](=O)[O-])c1. The summed E-state index contributed by atoms with van der Waals surface area (Å²) < 4.78 is 26.5. The number of nitrogens with one attached hydrogen (secondary N) is 3. The van der Waals surface area contributed by atoms with Crippen molar-refractivity contribution in [2.45, 2.75) is 11.3 Å². The maximum Gasteiger partial charge on any atom is 0.270 e. The van der Waals surface area contributed by atoms with E-state index in [1.807, 2.05) is 18.2 Å². The molecule has 2 aromatic carbocycles. The quantitative estimate of drug-likeness (QED) is 0.287. The number of sulfonamides is 1. The van der Waals surface area contributed by atoms with Crippen LogP contribution in [-0.4, -0.2) is 44.8 Å². The number of non-ortho nitro benzene ring substituents is 1. The fraction of sp³-hybridized carbons (Fsp3) is 0.222. The molecule has 10 nitrogen and oxygen atoms in total. The van der Waals surface area contributed by atoms with E-state index in [1.165, 1.54) is 18.2 Å². The number of hydrogen-bond acceptors (Lipinski definition) is 6. The predicted molar refractivity (Wildman–Crippen MR) is 104 cm³/mol. The summed E-state index contributed by atoms with van der Waals surface area (Å²) in [4.78, 5) is 33.3. The molecule has 0 heterocycles. The molecular weight excluding hydrogens is 400 g/mol. The van der Waals surface area contributed by atoms with Crippen molar-refractivity contribution >= 4 is 27.5 Å². The van der Waals surface area contributed by atoms with Crippen LogP contribution in [0.1, 0.15) is 5.56 Å². The van der Waals surface area contributed by atoms with Gasteiger partial charge in [0.05, 0.1) is 22.8 Å². The van der Waals surface area contributed by atoms with Gasteiger partial charge in [-0.1, -0.05) is 36.4 Å². The Morgan fingerprint density at radius 1 is 0.931 bits per heavy atom. The molecule has 0 aliphatic carbocycles. The average Bonchev–Trinajstić information content (AvgIpc) is 2.70. The van der Waals surface area contributed by atoms with Gasteiger partial charge in [0.25, 0.3) is 5.69 Å². The lowest BCUT2D eigenvalue weighted by atomic mass is 10.1. The highest BCUT2D eigenvalue weighted by Crippen LogP contribution is 2.16. The first-order valence-electron chi connectivity index (χ1n) is 8.59. The van der Waals surface area contributed by atoms with Gasteiger partial charge in [0.1, 0.15) is 0 Å². The Hall–Kier alpha value is -3.31. The van der Waals surface area contributed by atoms with Gasteiger partial charge in [0.2, 0.25) is 21.8 Å². The van der Waals surface area contributed by atoms with Crippen LogP contribution >= 0.6 is 0 Å². The molecule has 2 rings (SSSR count). The summed E-state index contributed by atoms with van der Waals surface area (Å²) in [5.74, 6) is -0.779. The fourth-order valence-corrected chi connectivity index (χ4v) is 3.39. The Bertz CT molecular complexity index is 979. The molecule has 154 valence electrons. The van der Waals surface area contributed by atoms with Crippen molar-refractivity contribution in [1.82, 2.24) is 15.4 Å². The Kier molecular flexibility index (Phi) is 7.80. The van der Waals surface area contributed by atoms with Gasteiger partial charge in [-0.2, -0.15) is 0 Å². The molecule has 0 atom stereocenters. The Morgan fingerprint density at radius 3 is 2.34 bits per heavy atom. The molecular formula is C18H20N4O6S. The molecule has 0 saturated heterocycles. The number of amides is 2. The normalized spacial score (nSPS) is 10.9. The highest BCUT2D eigenvalue weighted by atomic mass is 32.2. The van der Waals surface area contributed by atoms with E-state index in [-0.39, 0.29) is 42.5 Å². The smallest absolute Gasteiger partial charge is 0.270 e. The largest absolute Gasteiger partial charge is 0.353 e. The summed E-state index contributed by atoms with van der Waals surface area (Å²) in [6.45, 7) is -0.362. The maximum absolute atomic E-state index is 12.1. The zero-order valence-corrected chi connectivity index (χ0v) is 16.1. The summed E-state index contributed by atoms with van der Waals surface area (Å²) in [6.07, 6.45) is 0.150. The van der Waals surface area contributed by atoms with Gasteiger partial charge in [-0.25, -0.2) is 13.1 Å². The molecule has 0 unspecified atom stereocenters. The van der Waals surface area contributed by atoms with E-state index in [2.05, 4.69) is 15.4 Å². The summed E-state index contributed by atoms with van der Waals surface area (Å²) in [7, 11) is -3.95. The number of nitro benzene ring substituents is 1. The molecule has 0 fully saturated rings. The van der Waals surface area contributed by atoms with Gasteiger partial charge in [-0.15, -0.1) is 0 Å². The van der Waals surface area contributed by atoms with E-state index in [0.29, 0.717) is 0 Å². The van der Waals surface area contributed by atoms with Crippen molar-refractivity contribution in [2.24, 2.45) is 0 Å². The third kappa shape index (κ3) is 7.31. The van der Waals surface area contributed by atoms with E-state index in [4.69, 9.17) is 0 Å². The molecule has 29 heavy (non-hydrogen) atoms. The maximum atomic E-state index is 12.1. The number of carbonyl (C=O) groups excluding carboxylic acids is 2. The molecule has 0 aliphatic heterocycles. The van der Waals surface area contributed by atoms with Gasteiger partial charge < -0.3 is 10.6 Å². The van der Waals surface area contributed by atoms with Gasteiger partial charge >= 0.3 is 0 Å². The monoisotopic (exact) mass is 420 g/mol. The van der Waals surface area contributed by atoms with Crippen LogP contribution in [0.5, 0.6) is 0 Å². The van der Waals surface area contributed by atoms with Crippen molar-refractivity contribution in [3.63, 3.8) is 0 Å². The first kappa shape index (κ1) is 22.0. The van der Waals surface area contributed by atoms with E-state index >= 15 is 0 Å². The lowest BCUT2D eigenvalue weighted by Gasteiger charge is -2.09. The van der Waals surface area contributed by atoms with Crippen molar-refractivity contribution in [2.75, 3.05) is 19.6 Å². The van der Waals surface area contributed by atoms with Crippen LogP contribution < -0.4 is 15.4 Å².